The Hall–Kier alpha value is -3.22. The molecule has 0 fully saturated rings. The minimum atomic E-state index is -0.438. The largest absolute Gasteiger partial charge is 0.367 e. The van der Waals surface area contributed by atoms with Crippen LogP contribution < -0.4 is 10.6 Å². The van der Waals surface area contributed by atoms with E-state index < -0.39 is 6.67 Å². The zero-order valence-electron chi connectivity index (χ0n) is 12.8. The van der Waals surface area contributed by atoms with Crippen molar-refractivity contribution in [2.45, 2.75) is 0 Å². The Kier molecular flexibility index (Phi) is 3.66. The lowest BCUT2D eigenvalue weighted by molar-refractivity contribution is 0.512. The van der Waals surface area contributed by atoms with Crippen molar-refractivity contribution in [1.29, 1.82) is 0 Å². The van der Waals surface area contributed by atoms with Gasteiger partial charge in [-0.2, -0.15) is 0 Å². The molecule has 3 N–H and O–H groups in total. The average molecular weight is 322 g/mol. The van der Waals surface area contributed by atoms with Gasteiger partial charge in [-0.25, -0.2) is 14.4 Å². The highest BCUT2D eigenvalue weighted by atomic mass is 19.1. The standard InChI is InChI=1S/C17H15FN6/c18-7-9-20-14-2-1-3-15(22-14)23-16-5-4-11-12-10-19-8-6-13(12)21-17(11)24-16/h1-6,8,10H,7,9H2,(H3,20,21,22,23,24). The molecule has 6 nitrogen and oxygen atoms in total. The lowest BCUT2D eigenvalue weighted by Crippen LogP contribution is -2.05. The quantitative estimate of drug-likeness (QED) is 0.523. The van der Waals surface area contributed by atoms with Crippen LogP contribution in [0.15, 0.2) is 48.8 Å². The second-order valence-corrected chi connectivity index (χ2v) is 5.29. The molecule has 0 radical (unpaired) electrons. The zero-order chi connectivity index (χ0) is 16.4. The third-order valence-electron chi connectivity index (χ3n) is 3.67. The second kappa shape index (κ2) is 6.11. The van der Waals surface area contributed by atoms with Gasteiger partial charge in [0.15, 0.2) is 0 Å². The molecule has 0 bridgehead atoms. The third kappa shape index (κ3) is 2.71. The zero-order valence-corrected chi connectivity index (χ0v) is 12.8. The topological polar surface area (TPSA) is 78.5 Å². The molecule has 0 aliphatic heterocycles. The van der Waals surface area contributed by atoms with Crippen LogP contribution in [0.4, 0.5) is 21.8 Å². The number of H-pyrrole nitrogens is 1. The summed E-state index contributed by atoms with van der Waals surface area (Å²) in [6.07, 6.45) is 3.57. The molecule has 0 aromatic carbocycles. The van der Waals surface area contributed by atoms with Crippen LogP contribution in [0, 0.1) is 0 Å². The minimum Gasteiger partial charge on any atom is -0.367 e. The van der Waals surface area contributed by atoms with Crippen LogP contribution >= 0.6 is 0 Å². The smallest absolute Gasteiger partial charge is 0.140 e. The maximum absolute atomic E-state index is 12.2. The predicted octanol–water partition coefficient (Wildman–Crippen LogP) is 3.63. The van der Waals surface area contributed by atoms with Gasteiger partial charge in [0, 0.05) is 29.7 Å². The summed E-state index contributed by atoms with van der Waals surface area (Å²) in [6, 6.07) is 11.3. The maximum atomic E-state index is 12.2. The average Bonchev–Trinajstić information content (AvgIpc) is 2.98. The summed E-state index contributed by atoms with van der Waals surface area (Å²) in [5.41, 5.74) is 1.79. The fourth-order valence-electron chi connectivity index (χ4n) is 2.60. The van der Waals surface area contributed by atoms with Crippen molar-refractivity contribution in [3.63, 3.8) is 0 Å². The number of nitrogens with one attached hydrogen (secondary N) is 3. The molecule has 120 valence electrons. The second-order valence-electron chi connectivity index (χ2n) is 5.29. The molecule has 4 aromatic rings. The van der Waals surface area contributed by atoms with Crippen LogP contribution in [0.5, 0.6) is 0 Å². The highest BCUT2D eigenvalue weighted by molar-refractivity contribution is 6.05. The van der Waals surface area contributed by atoms with E-state index in [2.05, 4.69) is 30.6 Å². The summed E-state index contributed by atoms with van der Waals surface area (Å²) in [4.78, 5) is 16.4. The van der Waals surface area contributed by atoms with E-state index in [1.807, 2.05) is 36.5 Å². The summed E-state index contributed by atoms with van der Waals surface area (Å²) in [6.45, 7) is -0.198. The van der Waals surface area contributed by atoms with Gasteiger partial charge in [-0.1, -0.05) is 6.07 Å². The molecule has 0 aliphatic rings. The normalized spacial score (nSPS) is 11.0. The van der Waals surface area contributed by atoms with E-state index in [0.29, 0.717) is 17.5 Å². The molecule has 24 heavy (non-hydrogen) atoms. The van der Waals surface area contributed by atoms with Gasteiger partial charge in [-0.3, -0.25) is 4.98 Å². The van der Waals surface area contributed by atoms with Gasteiger partial charge >= 0.3 is 0 Å². The number of halogens is 1. The van der Waals surface area contributed by atoms with E-state index in [0.717, 1.165) is 21.9 Å². The predicted molar refractivity (Wildman–Crippen MR) is 93.4 cm³/mol. The van der Waals surface area contributed by atoms with Crippen LogP contribution in [-0.4, -0.2) is 33.2 Å². The Morgan fingerprint density at radius 3 is 2.75 bits per heavy atom. The fourth-order valence-corrected chi connectivity index (χ4v) is 2.60. The first-order valence-corrected chi connectivity index (χ1v) is 7.60. The van der Waals surface area contributed by atoms with E-state index in [1.165, 1.54) is 0 Å². The summed E-state index contributed by atoms with van der Waals surface area (Å²) in [7, 11) is 0. The van der Waals surface area contributed by atoms with Crippen LogP contribution in [0.25, 0.3) is 21.9 Å². The first kappa shape index (κ1) is 14.4. The van der Waals surface area contributed by atoms with E-state index in [9.17, 15) is 4.39 Å². The Bertz CT molecular complexity index is 997. The van der Waals surface area contributed by atoms with E-state index in [-0.39, 0.29) is 6.54 Å². The van der Waals surface area contributed by atoms with Gasteiger partial charge in [-0.15, -0.1) is 0 Å². The SMILES string of the molecule is FCCNc1cccc(Nc2ccc3c(n2)[nH]c2ccncc23)n1. The van der Waals surface area contributed by atoms with Crippen molar-refractivity contribution < 1.29 is 4.39 Å². The molecule has 0 atom stereocenters. The van der Waals surface area contributed by atoms with Gasteiger partial charge < -0.3 is 15.6 Å². The van der Waals surface area contributed by atoms with E-state index >= 15 is 0 Å². The molecule has 7 heteroatoms. The van der Waals surface area contributed by atoms with Gasteiger partial charge in [0.25, 0.3) is 0 Å². The van der Waals surface area contributed by atoms with Crippen LogP contribution in [0.2, 0.25) is 0 Å². The molecule has 0 saturated heterocycles. The number of nitrogens with zero attached hydrogens (tertiary/aromatic N) is 3. The van der Waals surface area contributed by atoms with Crippen molar-refractivity contribution in [2.75, 3.05) is 23.9 Å². The van der Waals surface area contributed by atoms with E-state index in [1.54, 1.807) is 12.3 Å². The van der Waals surface area contributed by atoms with Gasteiger partial charge in [-0.05, 0) is 30.3 Å². The Morgan fingerprint density at radius 1 is 0.958 bits per heavy atom. The summed E-state index contributed by atoms with van der Waals surface area (Å²) >= 11 is 0. The number of anilines is 3. The van der Waals surface area contributed by atoms with Crippen LogP contribution in [-0.2, 0) is 0 Å². The number of fused-ring (bicyclic) bond motifs is 3. The number of rotatable bonds is 5. The maximum Gasteiger partial charge on any atom is 0.140 e. The number of pyridine rings is 3. The van der Waals surface area contributed by atoms with Crippen molar-refractivity contribution in [2.24, 2.45) is 0 Å². The van der Waals surface area contributed by atoms with Crippen molar-refractivity contribution in [1.82, 2.24) is 19.9 Å². The van der Waals surface area contributed by atoms with Gasteiger partial charge in [0.2, 0.25) is 0 Å². The third-order valence-corrected chi connectivity index (χ3v) is 3.67. The molecule has 0 amide bonds. The van der Waals surface area contributed by atoms with Gasteiger partial charge in [0.1, 0.15) is 29.8 Å². The van der Waals surface area contributed by atoms with Crippen molar-refractivity contribution in [3.05, 3.63) is 48.8 Å². The summed E-state index contributed by atoms with van der Waals surface area (Å²) in [5.74, 6) is 1.94. The van der Waals surface area contributed by atoms with Crippen LogP contribution in [0.3, 0.4) is 0 Å². The Morgan fingerprint density at radius 2 is 1.83 bits per heavy atom. The van der Waals surface area contributed by atoms with E-state index in [4.69, 9.17) is 0 Å². The highest BCUT2D eigenvalue weighted by Crippen LogP contribution is 2.25. The molecule has 0 unspecified atom stereocenters. The molecular weight excluding hydrogens is 307 g/mol. The minimum absolute atomic E-state index is 0.240. The summed E-state index contributed by atoms with van der Waals surface area (Å²) in [5, 5.41) is 8.14. The molecular formula is C17H15FN6. The lowest BCUT2D eigenvalue weighted by atomic mass is 10.2. The first-order chi connectivity index (χ1) is 11.8. The number of hydrogen-bond acceptors (Lipinski definition) is 5. The Balaban J connectivity index is 1.63. The fraction of sp³-hybridized carbons (Fsp3) is 0.118. The number of aromatic nitrogens is 4. The number of hydrogen-bond donors (Lipinski definition) is 3. The summed E-state index contributed by atoms with van der Waals surface area (Å²) < 4.78 is 12.2. The molecule has 0 spiro atoms. The molecule has 0 aliphatic carbocycles. The molecule has 4 heterocycles. The van der Waals surface area contributed by atoms with Crippen molar-refractivity contribution >= 4 is 39.4 Å². The molecule has 4 aromatic heterocycles. The lowest BCUT2D eigenvalue weighted by Gasteiger charge is -2.07. The Labute approximate surface area is 137 Å². The molecule has 4 rings (SSSR count). The first-order valence-electron chi connectivity index (χ1n) is 7.60. The monoisotopic (exact) mass is 322 g/mol. The van der Waals surface area contributed by atoms with Crippen LogP contribution in [0.1, 0.15) is 0 Å². The number of alkyl halides is 1. The number of aromatic amines is 1. The van der Waals surface area contributed by atoms with Gasteiger partial charge in [0.05, 0.1) is 5.52 Å². The molecule has 0 saturated carbocycles. The highest BCUT2D eigenvalue weighted by Gasteiger charge is 2.07. The van der Waals surface area contributed by atoms with Crippen molar-refractivity contribution in [3.8, 4) is 0 Å².